The van der Waals surface area contributed by atoms with Gasteiger partial charge >= 0.3 is 12.1 Å². The number of benzene rings is 1. The molecule has 0 spiro atoms. The standard InChI is InChI=1S/C30H34N4O11S/c1-4-25-21(2)30(16-36,17-37)34(26(25)41)27(42)31(18-38)14-11-22-5-7-24(8-6-22)46(44,45)33(20-40)28(43)32(19-39)23-9-12-29(3,15-35)13-10-23/h5-8,15-20,23H,4,9-14H2,1-3H3. The fraction of sp³-hybridized carbons (Fsp3) is 0.433. The van der Waals surface area contributed by atoms with E-state index in [1.165, 1.54) is 19.1 Å². The zero-order chi connectivity index (χ0) is 34.4. The van der Waals surface area contributed by atoms with E-state index in [1.54, 1.807) is 13.8 Å². The molecule has 0 radical (unpaired) electrons. The van der Waals surface area contributed by atoms with E-state index < -0.39 is 49.9 Å². The van der Waals surface area contributed by atoms with Gasteiger partial charge in [0, 0.05) is 23.6 Å². The van der Waals surface area contributed by atoms with Crippen molar-refractivity contribution >= 4 is 66.1 Å². The summed E-state index contributed by atoms with van der Waals surface area (Å²) in [4.78, 5) is 111. The number of amides is 8. The monoisotopic (exact) mass is 658 g/mol. The van der Waals surface area contributed by atoms with E-state index in [4.69, 9.17) is 0 Å². The van der Waals surface area contributed by atoms with Crippen LogP contribution in [0.3, 0.4) is 0 Å². The summed E-state index contributed by atoms with van der Waals surface area (Å²) in [5.41, 5.74) is -2.25. The molecule has 0 unspecified atom stereocenters. The molecule has 0 bridgehead atoms. The summed E-state index contributed by atoms with van der Waals surface area (Å²) in [7, 11) is -4.76. The lowest BCUT2D eigenvalue weighted by Crippen LogP contribution is -2.57. The molecular weight excluding hydrogens is 624 g/mol. The Hall–Kier alpha value is -4.86. The zero-order valence-electron chi connectivity index (χ0n) is 25.5. The highest BCUT2D eigenvalue weighted by molar-refractivity contribution is 7.90. The molecule has 1 aliphatic carbocycles. The number of carbonyl (C=O) groups is 9. The summed E-state index contributed by atoms with van der Waals surface area (Å²) in [6.07, 6.45) is 2.49. The molecule has 1 aromatic carbocycles. The number of sulfonamides is 1. The molecule has 0 atom stereocenters. The number of hydrogen-bond donors (Lipinski definition) is 0. The van der Waals surface area contributed by atoms with Crippen LogP contribution in [-0.4, -0.2) is 102 Å². The van der Waals surface area contributed by atoms with Gasteiger partial charge in [-0.15, -0.1) is 0 Å². The molecule has 1 saturated carbocycles. The number of aldehydes is 3. The fourth-order valence-electron chi connectivity index (χ4n) is 5.62. The van der Waals surface area contributed by atoms with Crippen molar-refractivity contribution in [1.29, 1.82) is 0 Å². The first-order chi connectivity index (χ1) is 21.7. The van der Waals surface area contributed by atoms with Gasteiger partial charge in [-0.2, -0.15) is 4.31 Å². The average molecular weight is 659 g/mol. The molecule has 8 amide bonds. The van der Waals surface area contributed by atoms with Crippen molar-refractivity contribution in [3.8, 4) is 0 Å². The van der Waals surface area contributed by atoms with Gasteiger partial charge in [-0.25, -0.2) is 22.9 Å². The lowest BCUT2D eigenvalue weighted by Gasteiger charge is -2.37. The van der Waals surface area contributed by atoms with E-state index in [0.29, 0.717) is 33.1 Å². The van der Waals surface area contributed by atoms with Crippen LogP contribution in [0.4, 0.5) is 9.59 Å². The van der Waals surface area contributed by atoms with E-state index in [1.807, 2.05) is 0 Å². The quantitative estimate of drug-likeness (QED) is 0.219. The minimum atomic E-state index is -4.76. The highest BCUT2D eigenvalue weighted by Crippen LogP contribution is 2.37. The number of nitrogens with zero attached hydrogens (tertiary/aromatic N) is 4. The molecule has 2 aliphatic rings. The third-order valence-electron chi connectivity index (χ3n) is 8.68. The summed E-state index contributed by atoms with van der Waals surface area (Å²) < 4.78 is 26.4. The normalized spacial score (nSPS) is 20.8. The van der Waals surface area contributed by atoms with Crippen LogP contribution in [0.2, 0.25) is 0 Å². The topological polar surface area (TPSA) is 201 Å². The number of carbonyl (C=O) groups excluding carboxylic acids is 9. The molecule has 46 heavy (non-hydrogen) atoms. The van der Waals surface area contributed by atoms with Crippen LogP contribution in [0.1, 0.15) is 58.4 Å². The third-order valence-corrected chi connectivity index (χ3v) is 10.3. The van der Waals surface area contributed by atoms with Crippen molar-refractivity contribution in [3.63, 3.8) is 0 Å². The molecular formula is C30H34N4O11S. The van der Waals surface area contributed by atoms with Gasteiger partial charge in [-0.05, 0) is 68.7 Å². The number of rotatable bonds is 13. The largest absolute Gasteiger partial charge is 0.347 e. The van der Waals surface area contributed by atoms with Crippen LogP contribution in [0, 0.1) is 5.41 Å². The summed E-state index contributed by atoms with van der Waals surface area (Å²) in [5, 5.41) is 0. The number of hydrogen-bond acceptors (Lipinski definition) is 11. The van der Waals surface area contributed by atoms with Gasteiger partial charge < -0.3 is 4.79 Å². The molecule has 16 heteroatoms. The summed E-state index contributed by atoms with van der Waals surface area (Å²) in [6.45, 7) is 4.40. The van der Waals surface area contributed by atoms with Crippen LogP contribution < -0.4 is 0 Å². The summed E-state index contributed by atoms with van der Waals surface area (Å²) >= 11 is 0. The minimum absolute atomic E-state index is 0.0499. The van der Waals surface area contributed by atoms with Gasteiger partial charge in [0.2, 0.25) is 19.2 Å². The van der Waals surface area contributed by atoms with Crippen LogP contribution in [0.25, 0.3) is 0 Å². The Morgan fingerprint density at radius 2 is 1.52 bits per heavy atom. The Morgan fingerprint density at radius 1 is 0.935 bits per heavy atom. The Balaban J connectivity index is 1.75. The van der Waals surface area contributed by atoms with Gasteiger partial charge in [0.15, 0.2) is 18.1 Å². The fourth-order valence-corrected chi connectivity index (χ4v) is 6.74. The van der Waals surface area contributed by atoms with E-state index in [2.05, 4.69) is 0 Å². The van der Waals surface area contributed by atoms with Crippen LogP contribution in [-0.2, 0) is 50.0 Å². The first-order valence-corrected chi connectivity index (χ1v) is 15.8. The third kappa shape index (κ3) is 6.29. The predicted molar refractivity (Wildman–Crippen MR) is 158 cm³/mol. The van der Waals surface area contributed by atoms with Gasteiger partial charge in [-0.3, -0.25) is 38.6 Å². The first-order valence-electron chi connectivity index (χ1n) is 14.3. The van der Waals surface area contributed by atoms with Gasteiger partial charge in [-0.1, -0.05) is 26.0 Å². The maximum atomic E-state index is 13.2. The Bertz CT molecular complexity index is 1570. The van der Waals surface area contributed by atoms with Crippen LogP contribution in [0.15, 0.2) is 40.3 Å². The lowest BCUT2D eigenvalue weighted by molar-refractivity contribution is -0.136. The Labute approximate surface area is 265 Å². The predicted octanol–water partition coefficient (Wildman–Crippen LogP) is 1.39. The highest BCUT2D eigenvalue weighted by Gasteiger charge is 2.53. The maximum Gasteiger partial charge on any atom is 0.347 e. The van der Waals surface area contributed by atoms with Gasteiger partial charge in [0.1, 0.15) is 6.29 Å². The Kier molecular flexibility index (Phi) is 10.9. The lowest BCUT2D eigenvalue weighted by atomic mass is 9.75. The Morgan fingerprint density at radius 3 is 1.98 bits per heavy atom. The molecule has 1 aromatic rings. The number of imide groups is 4. The first kappa shape index (κ1) is 35.6. The molecule has 0 N–H and O–H groups in total. The van der Waals surface area contributed by atoms with Crippen LogP contribution >= 0.6 is 0 Å². The van der Waals surface area contributed by atoms with Crippen LogP contribution in [0.5, 0.6) is 0 Å². The maximum absolute atomic E-state index is 13.2. The summed E-state index contributed by atoms with van der Waals surface area (Å²) in [5.74, 6) is -0.879. The molecule has 246 valence electrons. The van der Waals surface area contributed by atoms with E-state index >= 15 is 0 Å². The highest BCUT2D eigenvalue weighted by atomic mass is 32.2. The second-order valence-corrected chi connectivity index (χ2v) is 13.2. The van der Waals surface area contributed by atoms with E-state index in [0.717, 1.165) is 18.4 Å². The van der Waals surface area contributed by atoms with Crippen molar-refractivity contribution in [2.45, 2.75) is 75.8 Å². The van der Waals surface area contributed by atoms with Crippen molar-refractivity contribution < 1.29 is 51.6 Å². The molecule has 0 saturated heterocycles. The zero-order valence-corrected chi connectivity index (χ0v) is 26.3. The second kappa shape index (κ2) is 14.1. The van der Waals surface area contributed by atoms with Crippen molar-refractivity contribution in [3.05, 3.63) is 41.0 Å². The van der Waals surface area contributed by atoms with Crippen molar-refractivity contribution in [2.24, 2.45) is 5.41 Å². The SMILES string of the molecule is CCC1=C(C)C(C=O)(C=O)N(C(=O)N(C=O)CCc2ccc(S(=O)(=O)N(C=O)C(=O)N(C=O)C3CCC(C)(C=O)CC3)cc2)C1=O. The van der Waals surface area contributed by atoms with Gasteiger partial charge in [0.05, 0.1) is 4.90 Å². The van der Waals surface area contributed by atoms with Crippen molar-refractivity contribution in [1.82, 2.24) is 19.0 Å². The molecule has 0 aromatic heterocycles. The summed E-state index contributed by atoms with van der Waals surface area (Å²) in [6, 6.07) is 1.48. The van der Waals surface area contributed by atoms with E-state index in [-0.39, 0.29) is 79.5 Å². The van der Waals surface area contributed by atoms with E-state index in [9.17, 15) is 51.6 Å². The molecule has 15 nitrogen and oxygen atoms in total. The molecule has 3 rings (SSSR count). The average Bonchev–Trinajstić information content (AvgIpc) is 3.27. The molecule has 1 heterocycles. The smallest absolute Gasteiger partial charge is 0.303 e. The minimum Gasteiger partial charge on any atom is -0.303 e. The molecule has 1 aliphatic heterocycles. The molecule has 1 fully saturated rings. The second-order valence-electron chi connectivity index (χ2n) is 11.3. The van der Waals surface area contributed by atoms with Crippen molar-refractivity contribution in [2.75, 3.05) is 6.54 Å². The van der Waals surface area contributed by atoms with Gasteiger partial charge in [0.25, 0.3) is 15.9 Å². The number of urea groups is 2.